The van der Waals surface area contributed by atoms with Gasteiger partial charge in [-0.05, 0) is 61.4 Å². The van der Waals surface area contributed by atoms with Crippen molar-refractivity contribution in [3.8, 4) is 0 Å². The predicted octanol–water partition coefficient (Wildman–Crippen LogP) is 4.04. The number of rotatable bonds is 5. The highest BCUT2D eigenvalue weighted by molar-refractivity contribution is 5.98. The maximum Gasteiger partial charge on any atom is 0.256 e. The van der Waals surface area contributed by atoms with E-state index in [2.05, 4.69) is 6.07 Å². The van der Waals surface area contributed by atoms with Crippen molar-refractivity contribution in [2.24, 2.45) is 0 Å². The van der Waals surface area contributed by atoms with Crippen molar-refractivity contribution >= 4 is 17.6 Å². The fourth-order valence-electron chi connectivity index (χ4n) is 4.60. The Hall–Kier alpha value is -3.02. The van der Waals surface area contributed by atoms with E-state index in [1.807, 2.05) is 12.1 Å². The van der Waals surface area contributed by atoms with Crippen LogP contribution in [-0.4, -0.2) is 53.6 Å². The van der Waals surface area contributed by atoms with Gasteiger partial charge in [-0.2, -0.15) is 0 Å². The SMILES string of the molecule is O=C(CCC(=O)N1CCCN(C(=O)c2ccccc2F)CC1)c1ccc2c(c1)CCCC2. The maximum atomic E-state index is 14.0. The molecule has 0 bridgehead atoms. The molecule has 1 aliphatic carbocycles. The van der Waals surface area contributed by atoms with E-state index in [-0.39, 0.29) is 36.0 Å². The van der Waals surface area contributed by atoms with Crippen LogP contribution < -0.4 is 0 Å². The second-order valence-corrected chi connectivity index (χ2v) is 8.62. The van der Waals surface area contributed by atoms with Gasteiger partial charge in [0.05, 0.1) is 5.56 Å². The molecular formula is C26H29FN2O3. The first kappa shape index (κ1) is 22.2. The van der Waals surface area contributed by atoms with Gasteiger partial charge in [-0.1, -0.05) is 24.3 Å². The van der Waals surface area contributed by atoms with Crippen molar-refractivity contribution in [3.63, 3.8) is 0 Å². The number of hydrogen-bond acceptors (Lipinski definition) is 3. The summed E-state index contributed by atoms with van der Waals surface area (Å²) in [5.74, 6) is -0.954. The van der Waals surface area contributed by atoms with E-state index < -0.39 is 5.82 Å². The average Bonchev–Trinajstić information content (AvgIpc) is 3.08. The zero-order chi connectivity index (χ0) is 22.5. The molecule has 0 spiro atoms. The zero-order valence-corrected chi connectivity index (χ0v) is 18.3. The molecule has 6 heteroatoms. The lowest BCUT2D eigenvalue weighted by molar-refractivity contribution is -0.131. The summed E-state index contributed by atoms with van der Waals surface area (Å²) < 4.78 is 14.0. The molecule has 1 aliphatic heterocycles. The number of aryl methyl sites for hydroxylation is 2. The highest BCUT2D eigenvalue weighted by Crippen LogP contribution is 2.23. The Bertz CT molecular complexity index is 1020. The lowest BCUT2D eigenvalue weighted by Gasteiger charge is -2.22. The molecule has 5 nitrogen and oxygen atoms in total. The number of carbonyl (C=O) groups excluding carboxylic acids is 3. The number of benzene rings is 2. The minimum absolute atomic E-state index is 0.00194. The Morgan fingerprint density at radius 1 is 0.781 bits per heavy atom. The number of hydrogen-bond donors (Lipinski definition) is 0. The summed E-state index contributed by atoms with van der Waals surface area (Å²) in [5.41, 5.74) is 3.35. The first-order valence-corrected chi connectivity index (χ1v) is 11.5. The van der Waals surface area contributed by atoms with E-state index in [0.29, 0.717) is 38.2 Å². The summed E-state index contributed by atoms with van der Waals surface area (Å²) in [6.07, 6.45) is 5.44. The van der Waals surface area contributed by atoms with Gasteiger partial charge in [0.25, 0.3) is 5.91 Å². The van der Waals surface area contributed by atoms with E-state index in [1.54, 1.807) is 21.9 Å². The number of ketones is 1. The van der Waals surface area contributed by atoms with E-state index >= 15 is 0 Å². The van der Waals surface area contributed by atoms with Gasteiger partial charge in [0, 0.05) is 44.6 Å². The van der Waals surface area contributed by atoms with Crippen LogP contribution in [0.25, 0.3) is 0 Å². The predicted molar refractivity (Wildman–Crippen MR) is 120 cm³/mol. The number of carbonyl (C=O) groups is 3. The van der Waals surface area contributed by atoms with Gasteiger partial charge in [-0.25, -0.2) is 4.39 Å². The lowest BCUT2D eigenvalue weighted by Crippen LogP contribution is -2.37. The zero-order valence-electron chi connectivity index (χ0n) is 18.3. The van der Waals surface area contributed by atoms with Gasteiger partial charge in [0.15, 0.2) is 5.78 Å². The molecule has 4 rings (SSSR count). The highest BCUT2D eigenvalue weighted by atomic mass is 19.1. The quantitative estimate of drug-likeness (QED) is 0.665. The molecule has 2 aliphatic rings. The molecule has 32 heavy (non-hydrogen) atoms. The van der Waals surface area contributed by atoms with Crippen molar-refractivity contribution in [2.45, 2.75) is 44.9 Å². The molecule has 0 N–H and O–H groups in total. The molecule has 0 radical (unpaired) electrons. The molecule has 0 atom stereocenters. The second kappa shape index (κ2) is 10.1. The Morgan fingerprint density at radius 3 is 2.31 bits per heavy atom. The maximum absolute atomic E-state index is 14.0. The third kappa shape index (κ3) is 5.06. The topological polar surface area (TPSA) is 57.7 Å². The van der Waals surface area contributed by atoms with Crippen LogP contribution in [0.1, 0.15) is 63.9 Å². The molecule has 0 unspecified atom stereocenters. The smallest absolute Gasteiger partial charge is 0.256 e. The van der Waals surface area contributed by atoms with Crippen LogP contribution in [0.15, 0.2) is 42.5 Å². The second-order valence-electron chi connectivity index (χ2n) is 8.62. The molecular weight excluding hydrogens is 407 g/mol. The minimum atomic E-state index is -0.532. The van der Waals surface area contributed by atoms with Crippen molar-refractivity contribution in [1.82, 2.24) is 9.80 Å². The van der Waals surface area contributed by atoms with Crippen molar-refractivity contribution in [1.29, 1.82) is 0 Å². The third-order valence-electron chi connectivity index (χ3n) is 6.48. The molecule has 2 amide bonds. The van der Waals surface area contributed by atoms with Gasteiger partial charge in [-0.3, -0.25) is 14.4 Å². The van der Waals surface area contributed by atoms with Gasteiger partial charge >= 0.3 is 0 Å². The van der Waals surface area contributed by atoms with Gasteiger partial charge in [0.2, 0.25) is 5.91 Å². The summed E-state index contributed by atoms with van der Waals surface area (Å²) in [6, 6.07) is 11.9. The largest absolute Gasteiger partial charge is 0.341 e. The fourth-order valence-corrected chi connectivity index (χ4v) is 4.60. The normalized spacial score (nSPS) is 16.3. The van der Waals surface area contributed by atoms with E-state index in [0.717, 1.165) is 19.3 Å². The van der Waals surface area contributed by atoms with Crippen LogP contribution in [0.5, 0.6) is 0 Å². The lowest BCUT2D eigenvalue weighted by atomic mass is 9.89. The Balaban J connectivity index is 1.30. The van der Waals surface area contributed by atoms with Gasteiger partial charge in [0.1, 0.15) is 5.82 Å². The summed E-state index contributed by atoms with van der Waals surface area (Å²) >= 11 is 0. The number of fused-ring (bicyclic) bond motifs is 1. The molecule has 1 saturated heterocycles. The van der Waals surface area contributed by atoms with Gasteiger partial charge < -0.3 is 9.80 Å². The fraction of sp³-hybridized carbons (Fsp3) is 0.423. The third-order valence-corrected chi connectivity index (χ3v) is 6.48. The number of halogens is 1. The van der Waals surface area contributed by atoms with E-state index in [9.17, 15) is 18.8 Å². The van der Waals surface area contributed by atoms with Crippen molar-refractivity contribution < 1.29 is 18.8 Å². The Morgan fingerprint density at radius 2 is 1.50 bits per heavy atom. The van der Waals surface area contributed by atoms with Crippen LogP contribution >= 0.6 is 0 Å². The summed E-state index contributed by atoms with van der Waals surface area (Å²) in [7, 11) is 0. The molecule has 0 aromatic heterocycles. The standard InChI is InChI=1S/C26H29FN2O3/c27-23-9-4-3-8-22(23)26(32)29-15-5-14-28(16-17-29)25(31)13-12-24(30)21-11-10-19-6-1-2-7-20(19)18-21/h3-4,8-11,18H,1-2,5-7,12-17H2. The summed E-state index contributed by atoms with van der Waals surface area (Å²) in [6.45, 7) is 1.77. The number of nitrogens with zero attached hydrogens (tertiary/aromatic N) is 2. The first-order valence-electron chi connectivity index (χ1n) is 11.5. The molecule has 1 heterocycles. The minimum Gasteiger partial charge on any atom is -0.341 e. The molecule has 2 aromatic carbocycles. The molecule has 1 fully saturated rings. The summed E-state index contributed by atoms with van der Waals surface area (Å²) in [4.78, 5) is 41.4. The Kier molecular flexibility index (Phi) is 6.98. The molecule has 168 valence electrons. The van der Waals surface area contributed by atoms with Crippen LogP contribution in [0.3, 0.4) is 0 Å². The van der Waals surface area contributed by atoms with E-state index in [1.165, 1.54) is 29.7 Å². The van der Waals surface area contributed by atoms with Crippen molar-refractivity contribution in [2.75, 3.05) is 26.2 Å². The van der Waals surface area contributed by atoms with Crippen LogP contribution in [-0.2, 0) is 17.6 Å². The average molecular weight is 437 g/mol. The van der Waals surface area contributed by atoms with Crippen molar-refractivity contribution in [3.05, 3.63) is 70.5 Å². The van der Waals surface area contributed by atoms with Crippen LogP contribution in [0.2, 0.25) is 0 Å². The molecule has 0 saturated carbocycles. The van der Waals surface area contributed by atoms with Crippen LogP contribution in [0, 0.1) is 5.82 Å². The molecule has 2 aromatic rings. The first-order chi connectivity index (χ1) is 15.5. The van der Waals surface area contributed by atoms with Gasteiger partial charge in [-0.15, -0.1) is 0 Å². The Labute approximate surface area is 188 Å². The monoisotopic (exact) mass is 436 g/mol. The van der Waals surface area contributed by atoms with Crippen LogP contribution in [0.4, 0.5) is 4.39 Å². The highest BCUT2D eigenvalue weighted by Gasteiger charge is 2.24. The summed E-state index contributed by atoms with van der Waals surface area (Å²) in [5, 5.41) is 0. The number of Topliss-reactive ketones (excluding diaryl/α,β-unsaturated/α-hetero) is 1. The number of amides is 2. The van der Waals surface area contributed by atoms with E-state index in [4.69, 9.17) is 0 Å².